The molecule has 0 aromatic carbocycles. The smallest absolute Gasteiger partial charge is 0.394 e. The summed E-state index contributed by atoms with van der Waals surface area (Å²) >= 11 is 5.42. The zero-order chi connectivity index (χ0) is 10.9. The molecule has 3 nitrogen and oxygen atoms in total. The number of alkyl halides is 3. The Balaban J connectivity index is 3.23. The van der Waals surface area contributed by atoms with Gasteiger partial charge in [-0.15, -0.1) is 0 Å². The maximum absolute atomic E-state index is 12.4. The van der Waals surface area contributed by atoms with Crippen molar-refractivity contribution in [2.24, 2.45) is 0 Å². The fraction of sp³-hybridized carbons (Fsp3) is 0.571. The zero-order valence-electron chi connectivity index (χ0n) is 7.40. The van der Waals surface area contributed by atoms with Gasteiger partial charge in [-0.3, -0.25) is 4.68 Å². The molecule has 0 atom stereocenters. The maximum Gasteiger partial charge on any atom is 0.435 e. The standard InChI is InChI=1S/C7H9ClF3N3/c1-2-3-14-5(7(9,10)11)4(12)6(8)13-14/h2-3,12H2,1H3. The van der Waals surface area contributed by atoms with Crippen molar-refractivity contribution >= 4 is 17.3 Å². The molecule has 0 radical (unpaired) electrons. The van der Waals surface area contributed by atoms with E-state index in [0.29, 0.717) is 6.42 Å². The van der Waals surface area contributed by atoms with Gasteiger partial charge in [0.1, 0.15) is 5.69 Å². The van der Waals surface area contributed by atoms with Crippen molar-refractivity contribution in [3.8, 4) is 0 Å². The SMILES string of the molecule is CCCn1nc(Cl)c(N)c1C(F)(F)F. The molecule has 0 spiro atoms. The van der Waals surface area contributed by atoms with Crippen LogP contribution in [0.25, 0.3) is 0 Å². The molecule has 1 heterocycles. The quantitative estimate of drug-likeness (QED) is 0.844. The summed E-state index contributed by atoms with van der Waals surface area (Å²) in [6.45, 7) is 1.89. The Morgan fingerprint density at radius 2 is 2.07 bits per heavy atom. The highest BCUT2D eigenvalue weighted by Gasteiger charge is 2.38. The van der Waals surface area contributed by atoms with Gasteiger partial charge in [-0.1, -0.05) is 18.5 Å². The summed E-state index contributed by atoms with van der Waals surface area (Å²) in [4.78, 5) is 0. The molecule has 1 rings (SSSR count). The Morgan fingerprint density at radius 1 is 1.50 bits per heavy atom. The number of halogens is 4. The van der Waals surface area contributed by atoms with Crippen LogP contribution in [0.4, 0.5) is 18.9 Å². The number of rotatable bonds is 2. The first-order chi connectivity index (χ1) is 6.38. The van der Waals surface area contributed by atoms with Gasteiger partial charge >= 0.3 is 6.18 Å². The van der Waals surface area contributed by atoms with Crippen LogP contribution in [0.3, 0.4) is 0 Å². The first-order valence-corrected chi connectivity index (χ1v) is 4.34. The highest BCUT2D eigenvalue weighted by Crippen LogP contribution is 2.36. The molecule has 0 aliphatic heterocycles. The van der Waals surface area contributed by atoms with Crippen LogP contribution in [0.1, 0.15) is 19.0 Å². The van der Waals surface area contributed by atoms with E-state index in [1.807, 2.05) is 0 Å². The monoisotopic (exact) mass is 227 g/mol. The van der Waals surface area contributed by atoms with Crippen molar-refractivity contribution in [1.82, 2.24) is 9.78 Å². The van der Waals surface area contributed by atoms with Gasteiger partial charge in [0.05, 0.1) is 0 Å². The number of hydrogen-bond acceptors (Lipinski definition) is 2. The van der Waals surface area contributed by atoms with Crippen LogP contribution in [-0.2, 0) is 12.7 Å². The van der Waals surface area contributed by atoms with Gasteiger partial charge < -0.3 is 5.73 Å². The van der Waals surface area contributed by atoms with Gasteiger partial charge in [0.25, 0.3) is 0 Å². The first-order valence-electron chi connectivity index (χ1n) is 3.97. The maximum atomic E-state index is 12.4. The molecule has 0 aliphatic rings. The molecule has 1 aromatic rings. The van der Waals surface area contributed by atoms with E-state index in [0.717, 1.165) is 4.68 Å². The fourth-order valence-corrected chi connectivity index (χ4v) is 1.30. The number of nitrogen functional groups attached to an aromatic ring is 1. The van der Waals surface area contributed by atoms with Gasteiger partial charge in [-0.2, -0.15) is 18.3 Å². The summed E-state index contributed by atoms with van der Waals surface area (Å²) in [6, 6.07) is 0. The summed E-state index contributed by atoms with van der Waals surface area (Å²) < 4.78 is 38.1. The third-order valence-corrected chi connectivity index (χ3v) is 1.93. The summed E-state index contributed by atoms with van der Waals surface area (Å²) in [6.07, 6.45) is -3.99. The van der Waals surface area contributed by atoms with E-state index in [2.05, 4.69) is 5.10 Å². The number of hydrogen-bond donors (Lipinski definition) is 1. The lowest BCUT2D eigenvalue weighted by atomic mass is 10.3. The number of aryl methyl sites for hydroxylation is 1. The molecule has 2 N–H and O–H groups in total. The predicted molar refractivity (Wildman–Crippen MR) is 46.9 cm³/mol. The summed E-state index contributed by atoms with van der Waals surface area (Å²) in [5.41, 5.74) is 3.71. The molecular formula is C7H9ClF3N3. The highest BCUT2D eigenvalue weighted by molar-refractivity contribution is 6.32. The van der Waals surface area contributed by atoms with Crippen LogP contribution in [0, 0.1) is 0 Å². The van der Waals surface area contributed by atoms with E-state index < -0.39 is 17.6 Å². The number of nitrogens with zero attached hydrogens (tertiary/aromatic N) is 2. The van der Waals surface area contributed by atoms with Crippen molar-refractivity contribution in [2.45, 2.75) is 26.1 Å². The molecule has 80 valence electrons. The average molecular weight is 228 g/mol. The van der Waals surface area contributed by atoms with E-state index in [9.17, 15) is 13.2 Å². The minimum Gasteiger partial charge on any atom is -0.394 e. The van der Waals surface area contributed by atoms with Crippen molar-refractivity contribution in [3.63, 3.8) is 0 Å². The van der Waals surface area contributed by atoms with Crippen molar-refractivity contribution in [3.05, 3.63) is 10.8 Å². The van der Waals surface area contributed by atoms with Crippen molar-refractivity contribution in [2.75, 3.05) is 5.73 Å². The summed E-state index contributed by atoms with van der Waals surface area (Å²) in [5.74, 6) is 0. The third kappa shape index (κ3) is 1.95. The number of aromatic nitrogens is 2. The zero-order valence-corrected chi connectivity index (χ0v) is 8.15. The van der Waals surface area contributed by atoms with Gasteiger partial charge in [-0.25, -0.2) is 0 Å². The van der Waals surface area contributed by atoms with Crippen LogP contribution in [0.5, 0.6) is 0 Å². The van der Waals surface area contributed by atoms with Crippen LogP contribution >= 0.6 is 11.6 Å². The lowest BCUT2D eigenvalue weighted by Gasteiger charge is -2.09. The minimum absolute atomic E-state index is 0.145. The molecule has 0 fully saturated rings. The lowest BCUT2D eigenvalue weighted by Crippen LogP contribution is -2.16. The average Bonchev–Trinajstić information content (AvgIpc) is 2.27. The molecular weight excluding hydrogens is 219 g/mol. The van der Waals surface area contributed by atoms with E-state index >= 15 is 0 Å². The highest BCUT2D eigenvalue weighted by atomic mass is 35.5. The molecule has 1 aromatic heterocycles. The van der Waals surface area contributed by atoms with E-state index in [-0.39, 0.29) is 11.7 Å². The molecule has 0 amide bonds. The Hall–Kier alpha value is -0.910. The Labute approximate surface area is 83.6 Å². The molecule has 0 unspecified atom stereocenters. The molecule has 0 saturated carbocycles. The summed E-state index contributed by atoms with van der Waals surface area (Å²) in [7, 11) is 0. The Kier molecular flexibility index (Phi) is 2.94. The second-order valence-corrected chi connectivity index (χ2v) is 3.13. The second kappa shape index (κ2) is 3.68. The molecule has 0 bridgehead atoms. The number of nitrogens with two attached hydrogens (primary N) is 1. The van der Waals surface area contributed by atoms with E-state index in [1.165, 1.54) is 0 Å². The second-order valence-electron chi connectivity index (χ2n) is 2.77. The topological polar surface area (TPSA) is 43.8 Å². The lowest BCUT2D eigenvalue weighted by molar-refractivity contribution is -0.143. The van der Waals surface area contributed by atoms with E-state index in [1.54, 1.807) is 6.92 Å². The fourth-order valence-electron chi connectivity index (χ4n) is 1.12. The largest absolute Gasteiger partial charge is 0.435 e. The normalized spacial score (nSPS) is 12.1. The number of anilines is 1. The van der Waals surface area contributed by atoms with Gasteiger partial charge in [0.15, 0.2) is 10.8 Å². The van der Waals surface area contributed by atoms with Gasteiger partial charge in [-0.05, 0) is 6.42 Å². The van der Waals surface area contributed by atoms with E-state index in [4.69, 9.17) is 17.3 Å². The van der Waals surface area contributed by atoms with Crippen LogP contribution < -0.4 is 5.73 Å². The van der Waals surface area contributed by atoms with Crippen LogP contribution in [0.2, 0.25) is 5.15 Å². The molecule has 0 aliphatic carbocycles. The predicted octanol–water partition coefficient (Wildman–Crippen LogP) is 2.55. The van der Waals surface area contributed by atoms with Crippen molar-refractivity contribution in [1.29, 1.82) is 0 Å². The first kappa shape index (κ1) is 11.2. The van der Waals surface area contributed by atoms with Crippen LogP contribution in [0.15, 0.2) is 0 Å². The molecule has 7 heteroatoms. The minimum atomic E-state index is -4.51. The summed E-state index contributed by atoms with van der Waals surface area (Å²) in [5, 5.41) is 3.20. The Bertz CT molecular complexity index is 332. The third-order valence-electron chi connectivity index (χ3n) is 1.65. The van der Waals surface area contributed by atoms with Crippen LogP contribution in [-0.4, -0.2) is 9.78 Å². The van der Waals surface area contributed by atoms with Gasteiger partial charge in [0.2, 0.25) is 0 Å². The molecule has 0 saturated heterocycles. The van der Waals surface area contributed by atoms with Crippen molar-refractivity contribution < 1.29 is 13.2 Å². The Morgan fingerprint density at radius 3 is 2.50 bits per heavy atom. The van der Waals surface area contributed by atoms with Gasteiger partial charge in [0, 0.05) is 6.54 Å². The molecule has 14 heavy (non-hydrogen) atoms.